The Hall–Kier alpha value is -1.40. The lowest BCUT2D eigenvalue weighted by Gasteiger charge is -2.57. The highest BCUT2D eigenvalue weighted by Crippen LogP contribution is 2.55. The Morgan fingerprint density at radius 2 is 1.76 bits per heavy atom. The van der Waals surface area contributed by atoms with Gasteiger partial charge in [0.15, 0.2) is 0 Å². The van der Waals surface area contributed by atoms with E-state index in [2.05, 4.69) is 5.32 Å². The molecule has 0 atom stereocenters. The van der Waals surface area contributed by atoms with E-state index < -0.39 is 0 Å². The summed E-state index contributed by atoms with van der Waals surface area (Å²) in [6.45, 7) is 0.549. The van der Waals surface area contributed by atoms with Crippen molar-refractivity contribution in [3.05, 3.63) is 35.1 Å². The zero-order valence-corrected chi connectivity index (χ0v) is 12.2. The van der Waals surface area contributed by atoms with Crippen LogP contribution in [0.1, 0.15) is 49.7 Å². The highest BCUT2D eigenvalue weighted by atomic mass is 19.1. The van der Waals surface area contributed by atoms with E-state index in [4.69, 9.17) is 5.26 Å². The molecule has 0 amide bonds. The van der Waals surface area contributed by atoms with Crippen molar-refractivity contribution in [2.75, 3.05) is 0 Å². The molecular weight excluding hydrogens is 263 g/mol. The maximum absolute atomic E-state index is 14.2. The molecule has 21 heavy (non-hydrogen) atoms. The van der Waals surface area contributed by atoms with Crippen LogP contribution < -0.4 is 5.32 Å². The van der Waals surface area contributed by atoms with Crippen LogP contribution in [0.4, 0.5) is 4.39 Å². The molecule has 1 aromatic carbocycles. The molecule has 4 saturated carbocycles. The number of halogens is 1. The first-order valence-electron chi connectivity index (χ1n) is 8.10. The highest BCUT2D eigenvalue weighted by molar-refractivity contribution is 5.35. The molecule has 0 saturated heterocycles. The van der Waals surface area contributed by atoms with E-state index in [-0.39, 0.29) is 16.9 Å². The molecule has 1 N–H and O–H groups in total. The van der Waals surface area contributed by atoms with Gasteiger partial charge in [-0.2, -0.15) is 5.26 Å². The third-order valence-electron chi connectivity index (χ3n) is 5.89. The Balaban J connectivity index is 1.51. The van der Waals surface area contributed by atoms with E-state index in [0.29, 0.717) is 12.1 Å². The SMILES string of the molecule is N#Cc1cccc(CNC23CC4CC(CC(C4)C2)C3)c1F. The molecule has 2 nitrogen and oxygen atoms in total. The molecule has 5 rings (SSSR count). The predicted molar refractivity (Wildman–Crippen MR) is 78.9 cm³/mol. The topological polar surface area (TPSA) is 35.8 Å². The number of rotatable bonds is 3. The van der Waals surface area contributed by atoms with Gasteiger partial charge in [0.25, 0.3) is 0 Å². The van der Waals surface area contributed by atoms with Gasteiger partial charge in [-0.3, -0.25) is 0 Å². The molecule has 4 fully saturated rings. The zero-order valence-electron chi connectivity index (χ0n) is 12.2. The van der Waals surface area contributed by atoms with Crippen molar-refractivity contribution < 1.29 is 4.39 Å². The second kappa shape index (κ2) is 4.81. The van der Waals surface area contributed by atoms with Crippen LogP contribution in [0.15, 0.2) is 18.2 Å². The van der Waals surface area contributed by atoms with Crippen molar-refractivity contribution in [1.82, 2.24) is 5.32 Å². The summed E-state index contributed by atoms with van der Waals surface area (Å²) >= 11 is 0. The molecule has 0 radical (unpaired) electrons. The second-order valence-electron chi connectivity index (χ2n) is 7.44. The summed E-state index contributed by atoms with van der Waals surface area (Å²) in [5.74, 6) is 2.31. The highest BCUT2D eigenvalue weighted by Gasteiger charge is 2.50. The third kappa shape index (κ3) is 2.26. The van der Waals surface area contributed by atoms with E-state index in [1.54, 1.807) is 18.2 Å². The summed E-state index contributed by atoms with van der Waals surface area (Å²) in [5.41, 5.74) is 1.02. The fourth-order valence-electron chi connectivity index (χ4n) is 5.41. The number of nitrogens with one attached hydrogen (secondary N) is 1. The first-order valence-corrected chi connectivity index (χ1v) is 8.10. The standard InChI is InChI=1S/C18H21FN2/c19-17-15(10-20)2-1-3-16(17)11-21-18-7-12-4-13(8-18)6-14(5-12)9-18/h1-3,12-14,21H,4-9,11H2. The van der Waals surface area contributed by atoms with Gasteiger partial charge in [0.1, 0.15) is 11.9 Å². The van der Waals surface area contributed by atoms with Gasteiger partial charge in [0.2, 0.25) is 0 Å². The van der Waals surface area contributed by atoms with Crippen molar-refractivity contribution in [3.8, 4) is 6.07 Å². The number of nitrogens with zero attached hydrogens (tertiary/aromatic N) is 1. The van der Waals surface area contributed by atoms with Crippen LogP contribution in [0.3, 0.4) is 0 Å². The van der Waals surface area contributed by atoms with Crippen molar-refractivity contribution in [1.29, 1.82) is 5.26 Å². The smallest absolute Gasteiger partial charge is 0.145 e. The average molecular weight is 284 g/mol. The van der Waals surface area contributed by atoms with Crippen LogP contribution in [-0.4, -0.2) is 5.54 Å². The third-order valence-corrected chi connectivity index (χ3v) is 5.89. The van der Waals surface area contributed by atoms with E-state index in [1.807, 2.05) is 6.07 Å². The van der Waals surface area contributed by atoms with Gasteiger partial charge >= 0.3 is 0 Å². The van der Waals surface area contributed by atoms with Gasteiger partial charge < -0.3 is 5.32 Å². The van der Waals surface area contributed by atoms with Gasteiger partial charge in [0, 0.05) is 17.6 Å². The summed E-state index contributed by atoms with van der Waals surface area (Å²) in [5, 5.41) is 12.6. The van der Waals surface area contributed by atoms with Crippen LogP contribution in [0, 0.1) is 34.9 Å². The molecule has 4 aliphatic rings. The largest absolute Gasteiger partial charge is 0.307 e. The molecule has 0 aromatic heterocycles. The molecule has 0 heterocycles. The van der Waals surface area contributed by atoms with Gasteiger partial charge in [-0.05, 0) is 62.3 Å². The van der Waals surface area contributed by atoms with Crippen LogP contribution >= 0.6 is 0 Å². The number of benzene rings is 1. The van der Waals surface area contributed by atoms with Crippen LogP contribution in [0.25, 0.3) is 0 Å². The van der Waals surface area contributed by atoms with Crippen molar-refractivity contribution in [3.63, 3.8) is 0 Å². The van der Waals surface area contributed by atoms with Crippen molar-refractivity contribution in [2.24, 2.45) is 17.8 Å². The minimum absolute atomic E-state index is 0.153. The minimum atomic E-state index is -0.350. The first kappa shape index (κ1) is 13.3. The molecular formula is C18H21FN2. The molecule has 3 heteroatoms. The number of nitriles is 1. The van der Waals surface area contributed by atoms with Gasteiger partial charge in [-0.1, -0.05) is 12.1 Å². The van der Waals surface area contributed by atoms with Crippen molar-refractivity contribution >= 4 is 0 Å². The summed E-state index contributed by atoms with van der Waals surface area (Å²) in [7, 11) is 0. The summed E-state index contributed by atoms with van der Waals surface area (Å²) < 4.78 is 14.2. The Morgan fingerprint density at radius 3 is 2.33 bits per heavy atom. The molecule has 0 spiro atoms. The lowest BCUT2D eigenvalue weighted by molar-refractivity contribution is -0.0207. The Bertz CT molecular complexity index is 566. The van der Waals surface area contributed by atoms with Gasteiger partial charge in [-0.25, -0.2) is 4.39 Å². The molecule has 1 aromatic rings. The average Bonchev–Trinajstić information content (AvgIpc) is 2.45. The molecule has 0 aliphatic heterocycles. The molecule has 110 valence electrons. The van der Waals surface area contributed by atoms with E-state index in [0.717, 1.165) is 17.8 Å². The quantitative estimate of drug-likeness (QED) is 0.917. The predicted octanol–water partition coefficient (Wildman–Crippen LogP) is 3.76. The molecule has 4 bridgehead atoms. The second-order valence-corrected chi connectivity index (χ2v) is 7.44. The molecule has 4 aliphatic carbocycles. The maximum atomic E-state index is 14.2. The Kier molecular flexibility index (Phi) is 3.04. The van der Waals surface area contributed by atoms with Crippen LogP contribution in [-0.2, 0) is 6.54 Å². The Labute approximate surface area is 125 Å². The van der Waals surface area contributed by atoms with Crippen molar-refractivity contribution in [2.45, 2.75) is 50.6 Å². The summed E-state index contributed by atoms with van der Waals surface area (Å²) in [6, 6.07) is 7.04. The lowest BCUT2D eigenvalue weighted by atomic mass is 9.53. The molecule has 0 unspecified atom stereocenters. The van der Waals surface area contributed by atoms with E-state index in [9.17, 15) is 4.39 Å². The Morgan fingerprint density at radius 1 is 1.14 bits per heavy atom. The minimum Gasteiger partial charge on any atom is -0.307 e. The zero-order chi connectivity index (χ0) is 14.4. The number of hydrogen-bond acceptors (Lipinski definition) is 2. The normalized spacial score (nSPS) is 36.7. The monoisotopic (exact) mass is 284 g/mol. The lowest BCUT2D eigenvalue weighted by Crippen LogP contribution is -2.58. The van der Waals surface area contributed by atoms with Crippen LogP contribution in [0.2, 0.25) is 0 Å². The summed E-state index contributed by atoms with van der Waals surface area (Å²) in [4.78, 5) is 0. The fraction of sp³-hybridized carbons (Fsp3) is 0.611. The first-order chi connectivity index (χ1) is 10.2. The number of hydrogen-bond donors (Lipinski definition) is 1. The van der Waals surface area contributed by atoms with Gasteiger partial charge in [-0.15, -0.1) is 0 Å². The maximum Gasteiger partial charge on any atom is 0.145 e. The summed E-state index contributed by atoms with van der Waals surface area (Å²) in [6.07, 6.45) is 8.04. The van der Waals surface area contributed by atoms with Crippen LogP contribution in [0.5, 0.6) is 0 Å². The van der Waals surface area contributed by atoms with E-state index in [1.165, 1.54) is 38.5 Å². The van der Waals surface area contributed by atoms with E-state index >= 15 is 0 Å². The van der Waals surface area contributed by atoms with Gasteiger partial charge in [0.05, 0.1) is 5.56 Å². The fourth-order valence-corrected chi connectivity index (χ4v) is 5.41.